The summed E-state index contributed by atoms with van der Waals surface area (Å²) in [5, 5.41) is 2.17. The average Bonchev–Trinajstić information content (AvgIpc) is 3.47. The van der Waals surface area contributed by atoms with E-state index in [2.05, 4.69) is 103 Å². The lowest BCUT2D eigenvalue weighted by Crippen LogP contribution is -2.30. The third-order valence-corrected chi connectivity index (χ3v) is 15.1. The standard InChI is InChI=1S/C40H29NO3S3/c1-40(2)27-13-4-6-15-29(27)41(30-16-7-5-14-28(30)40)31-17-11-19-33-39(31)38-26(12-10-18-32(38)45-33)25-22-23-35-37(24-25)47(43,44)36-21-9-8-20-34(36)46(35,3)42/h4-24H,3H2,1-2H3. The van der Waals surface area contributed by atoms with Crippen LogP contribution in [0.1, 0.15) is 25.0 Å². The summed E-state index contributed by atoms with van der Waals surface area (Å²) in [6.07, 6.45) is 0. The molecule has 2 aliphatic heterocycles. The van der Waals surface area contributed by atoms with Gasteiger partial charge in [0.05, 0.1) is 36.6 Å². The molecule has 230 valence electrons. The van der Waals surface area contributed by atoms with Crippen molar-refractivity contribution in [3.63, 3.8) is 0 Å². The topological polar surface area (TPSA) is 54.5 Å². The number of sulfone groups is 1. The van der Waals surface area contributed by atoms with Gasteiger partial charge in [-0.25, -0.2) is 8.42 Å². The zero-order chi connectivity index (χ0) is 32.3. The summed E-state index contributed by atoms with van der Waals surface area (Å²) in [6.45, 7) is 4.57. The van der Waals surface area contributed by atoms with E-state index in [0.717, 1.165) is 48.4 Å². The van der Waals surface area contributed by atoms with E-state index in [-0.39, 0.29) is 25.0 Å². The van der Waals surface area contributed by atoms with Gasteiger partial charge in [0.25, 0.3) is 0 Å². The molecular weight excluding hydrogens is 639 g/mol. The van der Waals surface area contributed by atoms with Crippen molar-refractivity contribution in [2.75, 3.05) is 4.90 Å². The van der Waals surface area contributed by atoms with Crippen LogP contribution in [0, 0.1) is 0 Å². The Hall–Kier alpha value is -4.69. The second kappa shape index (κ2) is 9.67. The zero-order valence-corrected chi connectivity index (χ0v) is 28.2. The minimum absolute atomic E-state index is 0.0616. The molecule has 4 nitrogen and oxygen atoms in total. The molecule has 47 heavy (non-hydrogen) atoms. The van der Waals surface area contributed by atoms with Crippen LogP contribution in [-0.4, -0.2) is 18.5 Å². The quantitative estimate of drug-likeness (QED) is 0.172. The first-order valence-electron chi connectivity index (χ1n) is 15.4. The smallest absolute Gasteiger partial charge is 0.208 e. The highest BCUT2D eigenvalue weighted by Gasteiger charge is 2.38. The molecule has 0 radical (unpaired) electrons. The first kappa shape index (κ1) is 28.5. The van der Waals surface area contributed by atoms with Crippen molar-refractivity contribution in [3.8, 4) is 11.1 Å². The summed E-state index contributed by atoms with van der Waals surface area (Å²) in [6, 6.07) is 41.7. The highest BCUT2D eigenvalue weighted by molar-refractivity contribution is 8.03. The number of rotatable bonds is 2. The fraction of sp³-hybridized carbons (Fsp3) is 0.0750. The molecular formula is C40H29NO3S3. The molecule has 0 spiro atoms. The van der Waals surface area contributed by atoms with Gasteiger partial charge in [0.1, 0.15) is 0 Å². The number of anilines is 3. The molecule has 0 saturated heterocycles. The van der Waals surface area contributed by atoms with E-state index in [4.69, 9.17) is 0 Å². The number of fused-ring (bicyclic) bond motifs is 7. The fourth-order valence-electron chi connectivity index (χ4n) is 7.54. The Balaban J connectivity index is 1.33. The molecule has 1 aromatic heterocycles. The van der Waals surface area contributed by atoms with Crippen LogP contribution in [0.4, 0.5) is 17.1 Å². The summed E-state index contributed by atoms with van der Waals surface area (Å²) in [4.78, 5) is 3.03. The van der Waals surface area contributed by atoms with Crippen LogP contribution in [0.5, 0.6) is 0 Å². The van der Waals surface area contributed by atoms with E-state index in [1.165, 1.54) is 17.2 Å². The van der Waals surface area contributed by atoms with Gasteiger partial charge < -0.3 is 4.90 Å². The molecule has 0 aliphatic carbocycles. The van der Waals surface area contributed by atoms with Crippen LogP contribution in [-0.2, 0) is 24.8 Å². The van der Waals surface area contributed by atoms with Crippen LogP contribution < -0.4 is 4.90 Å². The lowest BCUT2D eigenvalue weighted by Gasteiger charge is -2.42. The molecule has 0 N–H and O–H groups in total. The minimum Gasteiger partial charge on any atom is -0.309 e. The molecule has 7 heteroatoms. The van der Waals surface area contributed by atoms with Gasteiger partial charge in [0.15, 0.2) is 0 Å². The van der Waals surface area contributed by atoms with Gasteiger partial charge in [-0.1, -0.05) is 86.6 Å². The van der Waals surface area contributed by atoms with E-state index in [9.17, 15) is 12.6 Å². The second-order valence-corrected chi connectivity index (χ2v) is 17.9. The molecule has 0 fully saturated rings. The molecule has 1 unspecified atom stereocenters. The van der Waals surface area contributed by atoms with Crippen molar-refractivity contribution in [2.45, 2.75) is 38.8 Å². The van der Waals surface area contributed by atoms with Gasteiger partial charge >= 0.3 is 0 Å². The van der Waals surface area contributed by atoms with Crippen LogP contribution in [0.2, 0.25) is 0 Å². The Morgan fingerprint density at radius 3 is 1.83 bits per heavy atom. The van der Waals surface area contributed by atoms with Gasteiger partial charge in [-0.15, -0.1) is 11.3 Å². The molecule has 1 atom stereocenters. The molecule has 2 aliphatic rings. The van der Waals surface area contributed by atoms with E-state index >= 15 is 0 Å². The second-order valence-electron chi connectivity index (χ2n) is 12.7. The Morgan fingerprint density at radius 2 is 1.13 bits per heavy atom. The van der Waals surface area contributed by atoms with Crippen molar-refractivity contribution < 1.29 is 12.6 Å². The number of para-hydroxylation sites is 2. The molecule has 0 bridgehead atoms. The SMILES string of the molecule is C=S1(=O)c2ccccc2S(=O)(=O)c2cc(-c3cccc4sc5cccc(N6c7ccccc7C(C)(C)c7ccccc76)c5c34)ccc21. The maximum Gasteiger partial charge on any atom is 0.208 e. The average molecular weight is 668 g/mol. The van der Waals surface area contributed by atoms with Crippen LogP contribution in [0.3, 0.4) is 0 Å². The predicted molar refractivity (Wildman–Crippen MR) is 195 cm³/mol. The third-order valence-electron chi connectivity index (χ3n) is 9.77. The number of hydrogen-bond donors (Lipinski definition) is 0. The number of hydrogen-bond acceptors (Lipinski definition) is 5. The Bertz CT molecular complexity index is 2650. The first-order valence-corrected chi connectivity index (χ1v) is 19.4. The summed E-state index contributed by atoms with van der Waals surface area (Å²) >= 11 is 1.73. The van der Waals surface area contributed by atoms with Crippen molar-refractivity contribution in [3.05, 3.63) is 139 Å². The molecule has 7 aromatic rings. The molecule has 6 aromatic carbocycles. The van der Waals surface area contributed by atoms with Crippen molar-refractivity contribution in [1.29, 1.82) is 0 Å². The number of nitrogens with zero attached hydrogens (tertiary/aromatic N) is 1. The van der Waals surface area contributed by atoms with Gasteiger partial charge in [0, 0.05) is 35.1 Å². The van der Waals surface area contributed by atoms with E-state index < -0.39 is 19.4 Å². The molecule has 3 heterocycles. The fourth-order valence-corrected chi connectivity index (χ4v) is 13.2. The van der Waals surface area contributed by atoms with Crippen LogP contribution in [0.25, 0.3) is 31.3 Å². The Morgan fingerprint density at radius 1 is 0.574 bits per heavy atom. The van der Waals surface area contributed by atoms with Gasteiger partial charge in [-0.3, -0.25) is 4.21 Å². The van der Waals surface area contributed by atoms with Gasteiger partial charge in [-0.2, -0.15) is 0 Å². The highest BCUT2D eigenvalue weighted by Crippen LogP contribution is 2.55. The van der Waals surface area contributed by atoms with E-state index in [1.54, 1.807) is 41.7 Å². The Kier molecular flexibility index (Phi) is 5.87. The first-order chi connectivity index (χ1) is 22.6. The maximum absolute atomic E-state index is 14.0. The molecule has 0 amide bonds. The monoisotopic (exact) mass is 667 g/mol. The highest BCUT2D eigenvalue weighted by atomic mass is 32.2. The molecule has 9 rings (SSSR count). The molecule has 0 saturated carbocycles. The summed E-state index contributed by atoms with van der Waals surface area (Å²) in [7, 11) is -6.92. The van der Waals surface area contributed by atoms with Crippen molar-refractivity contribution in [1.82, 2.24) is 0 Å². The van der Waals surface area contributed by atoms with Gasteiger partial charge in [-0.05, 0) is 82.7 Å². The third kappa shape index (κ3) is 3.82. The summed E-state index contributed by atoms with van der Waals surface area (Å²) in [5.74, 6) is 4.03. The minimum atomic E-state index is -3.91. The maximum atomic E-state index is 14.0. The largest absolute Gasteiger partial charge is 0.309 e. The van der Waals surface area contributed by atoms with E-state index in [1.807, 2.05) is 12.1 Å². The summed E-state index contributed by atoms with van der Waals surface area (Å²) < 4.78 is 44.2. The lowest BCUT2D eigenvalue weighted by molar-refractivity contribution is 0.588. The predicted octanol–water partition coefficient (Wildman–Crippen LogP) is 10.1. The van der Waals surface area contributed by atoms with Crippen molar-refractivity contribution >= 4 is 73.8 Å². The Labute approximate surface area is 278 Å². The van der Waals surface area contributed by atoms with Gasteiger partial charge in [0.2, 0.25) is 9.84 Å². The normalized spacial score (nSPS) is 18.7. The summed E-state index contributed by atoms with van der Waals surface area (Å²) in [5.41, 5.74) is 7.36. The lowest BCUT2D eigenvalue weighted by atomic mass is 9.73. The van der Waals surface area contributed by atoms with Crippen molar-refractivity contribution in [2.24, 2.45) is 0 Å². The van der Waals surface area contributed by atoms with E-state index in [0.29, 0.717) is 0 Å². The van der Waals surface area contributed by atoms with Crippen LogP contribution in [0.15, 0.2) is 147 Å². The number of benzene rings is 6. The number of thiophene rings is 1. The zero-order valence-electron chi connectivity index (χ0n) is 25.7. The van der Waals surface area contributed by atoms with Crippen LogP contribution >= 0.6 is 11.3 Å².